The van der Waals surface area contributed by atoms with Gasteiger partial charge in [-0.3, -0.25) is 14.3 Å². The summed E-state index contributed by atoms with van der Waals surface area (Å²) in [6, 6.07) is 10.8. The molecule has 0 heterocycles. The van der Waals surface area contributed by atoms with E-state index >= 15 is 0 Å². The summed E-state index contributed by atoms with van der Waals surface area (Å²) in [5, 5.41) is 5.03. The molecule has 0 aromatic heterocycles. The number of hydrogen-bond donors (Lipinski definition) is 3. The fraction of sp³-hybridized carbons (Fsp3) is 0.263. The Bertz CT molecular complexity index is 956. The Kier molecular flexibility index (Phi) is 7.00. The molecule has 0 radical (unpaired) electrons. The number of carbonyl (C=O) groups excluding carboxylic acids is 2. The van der Waals surface area contributed by atoms with Gasteiger partial charge >= 0.3 is 0 Å². The summed E-state index contributed by atoms with van der Waals surface area (Å²) in [5.41, 5.74) is 0.998. The molecule has 3 N–H and O–H groups in total. The van der Waals surface area contributed by atoms with Crippen molar-refractivity contribution >= 4 is 27.5 Å². The maximum atomic E-state index is 12.8. The van der Waals surface area contributed by atoms with Gasteiger partial charge in [0.2, 0.25) is 5.91 Å². The van der Waals surface area contributed by atoms with E-state index in [4.69, 9.17) is 4.74 Å². The second-order valence-electron chi connectivity index (χ2n) is 5.95. The highest BCUT2D eigenvalue weighted by Gasteiger charge is 2.19. The van der Waals surface area contributed by atoms with Gasteiger partial charge < -0.3 is 15.4 Å². The van der Waals surface area contributed by atoms with Crippen LogP contribution < -0.4 is 20.1 Å². The molecule has 0 unspecified atom stereocenters. The number of hydrogen-bond acceptors (Lipinski definition) is 5. The van der Waals surface area contributed by atoms with Gasteiger partial charge in [0.1, 0.15) is 5.75 Å². The number of sulfonamides is 1. The van der Waals surface area contributed by atoms with Gasteiger partial charge in [-0.2, -0.15) is 0 Å². The average molecular weight is 405 g/mol. The van der Waals surface area contributed by atoms with Gasteiger partial charge in [-0.1, -0.05) is 6.07 Å². The summed E-state index contributed by atoms with van der Waals surface area (Å²) in [7, 11) is -2.39. The molecule has 0 fully saturated rings. The van der Waals surface area contributed by atoms with E-state index in [1.165, 1.54) is 19.2 Å². The topological polar surface area (TPSA) is 114 Å². The number of nitrogens with one attached hydrogen (secondary N) is 3. The van der Waals surface area contributed by atoms with Gasteiger partial charge in [-0.05, 0) is 55.8 Å². The molecule has 9 heteroatoms. The summed E-state index contributed by atoms with van der Waals surface area (Å²) < 4.78 is 33.1. The molecule has 0 bridgehead atoms. The Balaban J connectivity index is 2.20. The monoisotopic (exact) mass is 405 g/mol. The molecule has 0 saturated heterocycles. The van der Waals surface area contributed by atoms with Crippen LogP contribution in [0.5, 0.6) is 5.75 Å². The first-order valence-corrected chi connectivity index (χ1v) is 10.1. The molecule has 0 aliphatic heterocycles. The number of anilines is 1. The molecule has 0 spiro atoms. The Morgan fingerprint density at radius 3 is 2.32 bits per heavy atom. The van der Waals surface area contributed by atoms with Gasteiger partial charge in [0.05, 0.1) is 18.6 Å². The van der Waals surface area contributed by atoms with E-state index in [0.717, 1.165) is 0 Å². The molecule has 0 atom stereocenters. The van der Waals surface area contributed by atoms with Crippen LogP contribution in [-0.4, -0.2) is 40.4 Å². The number of rotatable bonds is 8. The predicted octanol–water partition coefficient (Wildman–Crippen LogP) is 1.67. The van der Waals surface area contributed by atoms with Crippen LogP contribution in [0.25, 0.3) is 0 Å². The second kappa shape index (κ2) is 9.23. The van der Waals surface area contributed by atoms with Crippen molar-refractivity contribution in [1.29, 1.82) is 0 Å². The van der Waals surface area contributed by atoms with Crippen molar-refractivity contribution < 1.29 is 22.7 Å². The van der Waals surface area contributed by atoms with Crippen molar-refractivity contribution in [2.24, 2.45) is 0 Å². The van der Waals surface area contributed by atoms with Gasteiger partial charge in [0.25, 0.3) is 15.9 Å². The van der Waals surface area contributed by atoms with Crippen molar-refractivity contribution in [3.8, 4) is 5.75 Å². The van der Waals surface area contributed by atoms with Gasteiger partial charge in [-0.25, -0.2) is 8.42 Å². The Morgan fingerprint density at radius 2 is 1.71 bits per heavy atom. The lowest BCUT2D eigenvalue weighted by Gasteiger charge is -2.12. The highest BCUT2D eigenvalue weighted by Crippen LogP contribution is 2.22. The minimum absolute atomic E-state index is 0.0195. The first-order valence-electron chi connectivity index (χ1n) is 8.59. The summed E-state index contributed by atoms with van der Waals surface area (Å²) in [5.74, 6) is -0.256. The van der Waals surface area contributed by atoms with E-state index in [0.29, 0.717) is 23.5 Å². The third-order valence-electron chi connectivity index (χ3n) is 3.87. The SMILES string of the molecule is CCNC(=O)CNC(=O)c1ccc(C)c(S(=O)(=O)Nc2ccc(OC)cc2)c1. The highest BCUT2D eigenvalue weighted by atomic mass is 32.2. The fourth-order valence-corrected chi connectivity index (χ4v) is 3.75. The summed E-state index contributed by atoms with van der Waals surface area (Å²) >= 11 is 0. The number of amides is 2. The van der Waals surface area contributed by atoms with Crippen molar-refractivity contribution in [1.82, 2.24) is 10.6 Å². The van der Waals surface area contributed by atoms with Crippen LogP contribution >= 0.6 is 0 Å². The number of ether oxygens (including phenoxy) is 1. The molecular weight excluding hydrogens is 382 g/mol. The van der Waals surface area contributed by atoms with Crippen LogP contribution in [0.1, 0.15) is 22.8 Å². The average Bonchev–Trinajstić information content (AvgIpc) is 2.67. The van der Waals surface area contributed by atoms with E-state index in [1.54, 1.807) is 44.2 Å². The highest BCUT2D eigenvalue weighted by molar-refractivity contribution is 7.92. The number of methoxy groups -OCH3 is 1. The molecule has 0 aliphatic rings. The van der Waals surface area contributed by atoms with Crippen LogP contribution in [0.3, 0.4) is 0 Å². The molecule has 2 aromatic rings. The van der Waals surface area contributed by atoms with E-state index in [1.807, 2.05) is 0 Å². The van der Waals surface area contributed by atoms with Crippen molar-refractivity contribution in [3.63, 3.8) is 0 Å². The van der Waals surface area contributed by atoms with Crippen LogP contribution in [0.2, 0.25) is 0 Å². The minimum atomic E-state index is -3.91. The van der Waals surface area contributed by atoms with Crippen molar-refractivity contribution in [2.45, 2.75) is 18.7 Å². The molecule has 8 nitrogen and oxygen atoms in total. The van der Waals surface area contributed by atoms with E-state index in [2.05, 4.69) is 15.4 Å². The number of carbonyl (C=O) groups is 2. The van der Waals surface area contributed by atoms with E-state index < -0.39 is 15.9 Å². The molecule has 2 aromatic carbocycles. The molecule has 0 saturated carbocycles. The molecule has 150 valence electrons. The smallest absolute Gasteiger partial charge is 0.262 e. The lowest BCUT2D eigenvalue weighted by atomic mass is 10.1. The molecular formula is C19H23N3O5S. The fourth-order valence-electron chi connectivity index (χ4n) is 2.42. The Labute approximate surface area is 164 Å². The second-order valence-corrected chi connectivity index (χ2v) is 7.60. The third kappa shape index (κ3) is 5.46. The van der Waals surface area contributed by atoms with Crippen LogP contribution in [0.15, 0.2) is 47.4 Å². The number of aryl methyl sites for hydroxylation is 1. The number of benzene rings is 2. The Morgan fingerprint density at radius 1 is 1.04 bits per heavy atom. The molecule has 28 heavy (non-hydrogen) atoms. The minimum Gasteiger partial charge on any atom is -0.497 e. The maximum absolute atomic E-state index is 12.8. The standard InChI is InChI=1S/C19H23N3O5S/c1-4-20-18(23)12-21-19(24)14-6-5-13(2)17(11-14)28(25,26)22-15-7-9-16(27-3)10-8-15/h5-11,22H,4,12H2,1-3H3,(H,20,23)(H,21,24). The summed E-state index contributed by atoms with van der Waals surface area (Å²) in [4.78, 5) is 23.7. The number of likely N-dealkylation sites (N-methyl/N-ethyl adjacent to an activating group) is 1. The normalized spacial score (nSPS) is 10.8. The molecule has 0 aliphatic carbocycles. The lowest BCUT2D eigenvalue weighted by Crippen LogP contribution is -2.36. The summed E-state index contributed by atoms with van der Waals surface area (Å²) in [6.07, 6.45) is 0. The zero-order valence-electron chi connectivity index (χ0n) is 15.9. The quantitative estimate of drug-likeness (QED) is 0.618. The third-order valence-corrected chi connectivity index (χ3v) is 5.39. The zero-order valence-corrected chi connectivity index (χ0v) is 16.7. The lowest BCUT2D eigenvalue weighted by molar-refractivity contribution is -0.120. The van der Waals surface area contributed by atoms with Crippen molar-refractivity contribution in [2.75, 3.05) is 24.9 Å². The summed E-state index contributed by atoms with van der Waals surface area (Å²) in [6.45, 7) is 3.68. The maximum Gasteiger partial charge on any atom is 0.262 e. The molecule has 2 rings (SSSR count). The van der Waals surface area contributed by atoms with Gasteiger partial charge in [-0.15, -0.1) is 0 Å². The van der Waals surface area contributed by atoms with Crippen LogP contribution in [0, 0.1) is 6.92 Å². The zero-order chi connectivity index (χ0) is 20.7. The first kappa shape index (κ1) is 21.2. The van der Waals surface area contributed by atoms with E-state index in [9.17, 15) is 18.0 Å². The Hall–Kier alpha value is -3.07. The van der Waals surface area contributed by atoms with Gasteiger partial charge in [0, 0.05) is 17.8 Å². The first-order chi connectivity index (χ1) is 13.3. The molecule has 2 amide bonds. The van der Waals surface area contributed by atoms with Crippen molar-refractivity contribution in [3.05, 3.63) is 53.6 Å². The van der Waals surface area contributed by atoms with Crippen LogP contribution in [-0.2, 0) is 14.8 Å². The largest absolute Gasteiger partial charge is 0.497 e. The van der Waals surface area contributed by atoms with Gasteiger partial charge in [0.15, 0.2) is 0 Å². The predicted molar refractivity (Wildman–Crippen MR) is 106 cm³/mol. The van der Waals surface area contributed by atoms with Crippen LogP contribution in [0.4, 0.5) is 5.69 Å². The van der Waals surface area contributed by atoms with E-state index in [-0.39, 0.29) is 22.9 Å².